The molecule has 1 heterocycles. The molecule has 102 valence electrons. The van der Waals surface area contributed by atoms with E-state index in [2.05, 4.69) is 10.3 Å². The fourth-order valence-electron chi connectivity index (χ4n) is 1.44. The van der Waals surface area contributed by atoms with Crippen LogP contribution in [0.5, 0.6) is 0 Å². The average molecular weight is 262 g/mol. The largest absolute Gasteiger partial charge is 0.433 e. The number of nitrogens with zero attached hydrogens (tertiary/aromatic N) is 1. The molecule has 0 aliphatic rings. The van der Waals surface area contributed by atoms with E-state index in [1.165, 1.54) is 12.3 Å². The second-order valence-corrected chi connectivity index (χ2v) is 4.38. The summed E-state index contributed by atoms with van der Waals surface area (Å²) in [4.78, 5) is 3.39. The lowest BCUT2D eigenvalue weighted by Crippen LogP contribution is -2.30. The van der Waals surface area contributed by atoms with Crippen LogP contribution in [0.25, 0.3) is 0 Å². The molecule has 0 bridgehead atoms. The van der Waals surface area contributed by atoms with Crippen LogP contribution in [-0.2, 0) is 10.9 Å². The zero-order valence-electron chi connectivity index (χ0n) is 10.6. The van der Waals surface area contributed by atoms with Crippen molar-refractivity contribution in [3.63, 3.8) is 0 Å². The predicted molar refractivity (Wildman–Crippen MR) is 63.4 cm³/mol. The van der Waals surface area contributed by atoms with Crippen molar-refractivity contribution >= 4 is 5.69 Å². The molecular weight excluding hydrogens is 245 g/mol. The van der Waals surface area contributed by atoms with Gasteiger partial charge in [0.25, 0.3) is 0 Å². The van der Waals surface area contributed by atoms with Crippen LogP contribution in [-0.4, -0.2) is 24.7 Å². The van der Waals surface area contributed by atoms with Crippen LogP contribution in [0.1, 0.15) is 19.5 Å². The first kappa shape index (κ1) is 14.8. The van der Waals surface area contributed by atoms with Gasteiger partial charge < -0.3 is 10.1 Å². The van der Waals surface area contributed by atoms with Crippen molar-refractivity contribution in [2.45, 2.75) is 26.1 Å². The van der Waals surface area contributed by atoms with Crippen molar-refractivity contribution in [1.29, 1.82) is 0 Å². The van der Waals surface area contributed by atoms with E-state index < -0.39 is 11.9 Å². The molecule has 1 N–H and O–H groups in total. The molecule has 0 fully saturated rings. The zero-order chi connectivity index (χ0) is 13.8. The minimum Gasteiger partial charge on any atom is -0.383 e. The predicted octanol–water partition coefficient (Wildman–Crippen LogP) is 3.18. The molecule has 1 atom stereocenters. The van der Waals surface area contributed by atoms with Crippen LogP contribution in [0.3, 0.4) is 0 Å². The summed E-state index contributed by atoms with van der Waals surface area (Å²) in [5, 5.41) is 3.10. The third kappa shape index (κ3) is 4.18. The minimum atomic E-state index is -4.40. The number of aromatic nitrogens is 1. The van der Waals surface area contributed by atoms with Crippen molar-refractivity contribution in [3.05, 3.63) is 24.0 Å². The van der Waals surface area contributed by atoms with E-state index >= 15 is 0 Å². The van der Waals surface area contributed by atoms with E-state index in [1.54, 1.807) is 7.11 Å². The number of rotatable bonds is 5. The Hall–Kier alpha value is -1.30. The maximum absolute atomic E-state index is 12.3. The minimum absolute atomic E-state index is 0.0357. The molecule has 0 saturated heterocycles. The summed E-state index contributed by atoms with van der Waals surface area (Å²) >= 11 is 0. The van der Waals surface area contributed by atoms with Gasteiger partial charge in [-0.2, -0.15) is 13.2 Å². The summed E-state index contributed by atoms with van der Waals surface area (Å²) in [6.07, 6.45) is -3.21. The highest BCUT2D eigenvalue weighted by Crippen LogP contribution is 2.28. The van der Waals surface area contributed by atoms with E-state index in [0.29, 0.717) is 18.2 Å². The molecule has 1 rings (SSSR count). The Morgan fingerprint density at radius 3 is 2.39 bits per heavy atom. The molecule has 0 spiro atoms. The molecule has 1 aromatic heterocycles. The highest BCUT2D eigenvalue weighted by molar-refractivity contribution is 5.42. The molecule has 0 aliphatic heterocycles. The second-order valence-electron chi connectivity index (χ2n) is 4.38. The lowest BCUT2D eigenvalue weighted by molar-refractivity contribution is -0.141. The van der Waals surface area contributed by atoms with Gasteiger partial charge in [0.15, 0.2) is 0 Å². The lowest BCUT2D eigenvalue weighted by Gasteiger charge is -2.22. The summed E-state index contributed by atoms with van der Waals surface area (Å²) in [5.41, 5.74) is -0.334. The van der Waals surface area contributed by atoms with E-state index in [0.717, 1.165) is 6.07 Å². The summed E-state index contributed by atoms with van der Waals surface area (Å²) in [5.74, 6) is 0.298. The number of pyridine rings is 1. The topological polar surface area (TPSA) is 34.1 Å². The standard InChI is InChI=1S/C12H17F3N2O/c1-8(2)10(7-18-3)17-9-4-5-11(16-6-9)12(13,14)15/h4-6,8,10,17H,7H2,1-3H3. The second kappa shape index (κ2) is 6.04. The smallest absolute Gasteiger partial charge is 0.383 e. The molecule has 1 unspecified atom stereocenters. The van der Waals surface area contributed by atoms with Crippen molar-refractivity contribution in [1.82, 2.24) is 4.98 Å². The summed E-state index contributed by atoms with van der Waals surface area (Å²) in [7, 11) is 1.59. The number of halogens is 3. The Balaban J connectivity index is 2.73. The normalized spacial score (nSPS) is 13.7. The van der Waals surface area contributed by atoms with Crippen LogP contribution >= 0.6 is 0 Å². The fraction of sp³-hybridized carbons (Fsp3) is 0.583. The molecule has 6 heteroatoms. The van der Waals surface area contributed by atoms with Crippen molar-refractivity contribution in [2.75, 3.05) is 19.0 Å². The molecule has 0 saturated carbocycles. The number of alkyl halides is 3. The van der Waals surface area contributed by atoms with Gasteiger partial charge in [0.1, 0.15) is 5.69 Å². The van der Waals surface area contributed by atoms with Gasteiger partial charge in [-0.1, -0.05) is 13.8 Å². The number of nitrogens with one attached hydrogen (secondary N) is 1. The summed E-state index contributed by atoms with van der Waals surface area (Å²) in [6, 6.07) is 2.38. The highest BCUT2D eigenvalue weighted by Gasteiger charge is 2.32. The highest BCUT2D eigenvalue weighted by atomic mass is 19.4. The summed E-state index contributed by atoms with van der Waals surface area (Å²) < 4.78 is 42.0. The molecule has 3 nitrogen and oxygen atoms in total. The molecule has 0 radical (unpaired) electrons. The Morgan fingerprint density at radius 1 is 1.33 bits per heavy atom. The van der Waals surface area contributed by atoms with Gasteiger partial charge in [-0.25, -0.2) is 4.98 Å². The van der Waals surface area contributed by atoms with E-state index in [-0.39, 0.29) is 6.04 Å². The van der Waals surface area contributed by atoms with Gasteiger partial charge >= 0.3 is 6.18 Å². The lowest BCUT2D eigenvalue weighted by atomic mass is 10.1. The third-order valence-electron chi connectivity index (χ3n) is 2.56. The first-order chi connectivity index (χ1) is 8.34. The van der Waals surface area contributed by atoms with Crippen LogP contribution in [0.4, 0.5) is 18.9 Å². The van der Waals surface area contributed by atoms with Gasteiger partial charge in [0.05, 0.1) is 24.5 Å². The monoisotopic (exact) mass is 262 g/mol. The van der Waals surface area contributed by atoms with E-state index in [4.69, 9.17) is 4.74 Å². The number of hydrogen-bond acceptors (Lipinski definition) is 3. The molecule has 0 aliphatic carbocycles. The van der Waals surface area contributed by atoms with Crippen molar-refractivity contribution in [2.24, 2.45) is 5.92 Å². The average Bonchev–Trinajstić information content (AvgIpc) is 2.28. The van der Waals surface area contributed by atoms with Crippen LogP contribution < -0.4 is 5.32 Å². The first-order valence-electron chi connectivity index (χ1n) is 5.63. The van der Waals surface area contributed by atoms with Gasteiger partial charge in [0.2, 0.25) is 0 Å². The number of anilines is 1. The maximum Gasteiger partial charge on any atom is 0.433 e. The van der Waals surface area contributed by atoms with Crippen LogP contribution in [0, 0.1) is 5.92 Å². The molecular formula is C12H17F3N2O. The van der Waals surface area contributed by atoms with Crippen molar-refractivity contribution < 1.29 is 17.9 Å². The molecule has 1 aromatic rings. The van der Waals surface area contributed by atoms with Gasteiger partial charge in [-0.3, -0.25) is 0 Å². The Kier molecular flexibility index (Phi) is 4.95. The Bertz CT molecular complexity index is 363. The van der Waals surface area contributed by atoms with Gasteiger partial charge in [0, 0.05) is 7.11 Å². The molecule has 0 amide bonds. The number of ether oxygens (including phenoxy) is 1. The number of methoxy groups -OCH3 is 1. The molecule has 0 aromatic carbocycles. The van der Waals surface area contributed by atoms with E-state index in [9.17, 15) is 13.2 Å². The Labute approximate surface area is 104 Å². The van der Waals surface area contributed by atoms with Crippen LogP contribution in [0.15, 0.2) is 18.3 Å². The Morgan fingerprint density at radius 2 is 2.00 bits per heavy atom. The maximum atomic E-state index is 12.3. The number of hydrogen-bond donors (Lipinski definition) is 1. The van der Waals surface area contributed by atoms with Gasteiger partial charge in [-0.15, -0.1) is 0 Å². The first-order valence-corrected chi connectivity index (χ1v) is 5.63. The van der Waals surface area contributed by atoms with Crippen molar-refractivity contribution in [3.8, 4) is 0 Å². The summed E-state index contributed by atoms with van der Waals surface area (Å²) in [6.45, 7) is 4.50. The fourth-order valence-corrected chi connectivity index (χ4v) is 1.44. The van der Waals surface area contributed by atoms with Crippen LogP contribution in [0.2, 0.25) is 0 Å². The molecule has 18 heavy (non-hydrogen) atoms. The zero-order valence-corrected chi connectivity index (χ0v) is 10.6. The van der Waals surface area contributed by atoms with Gasteiger partial charge in [-0.05, 0) is 18.1 Å². The third-order valence-corrected chi connectivity index (χ3v) is 2.56. The quantitative estimate of drug-likeness (QED) is 0.885. The SMILES string of the molecule is COCC(Nc1ccc(C(F)(F)F)nc1)C(C)C. The van der Waals surface area contributed by atoms with E-state index in [1.807, 2.05) is 13.8 Å².